The van der Waals surface area contributed by atoms with Gasteiger partial charge in [-0.15, -0.1) is 0 Å². The van der Waals surface area contributed by atoms with E-state index in [1.807, 2.05) is 26.0 Å². The number of carbonyl (C=O) groups excluding carboxylic acids is 1. The Hall–Kier alpha value is -1.84. The first-order valence-corrected chi connectivity index (χ1v) is 7.96. The lowest BCUT2D eigenvalue weighted by molar-refractivity contribution is -0.134. The van der Waals surface area contributed by atoms with Crippen LogP contribution in [0.3, 0.4) is 0 Å². The second-order valence-electron chi connectivity index (χ2n) is 6.22. The molecular weight excluding hydrogens is 278 g/mol. The molecule has 0 saturated heterocycles. The fraction of sp³-hybridized carbons (Fsp3) is 0.556. The van der Waals surface area contributed by atoms with Crippen LogP contribution < -0.4 is 5.73 Å². The number of hydrogen-bond acceptors (Lipinski definition) is 3. The zero-order valence-corrected chi connectivity index (χ0v) is 13.8. The fourth-order valence-electron chi connectivity index (χ4n) is 2.85. The minimum Gasteiger partial charge on any atom is -0.481 e. The zero-order valence-electron chi connectivity index (χ0n) is 13.8. The summed E-state index contributed by atoms with van der Waals surface area (Å²) >= 11 is 0. The van der Waals surface area contributed by atoms with Gasteiger partial charge in [0, 0.05) is 24.1 Å². The van der Waals surface area contributed by atoms with Crippen LogP contribution in [-0.2, 0) is 4.79 Å². The van der Waals surface area contributed by atoms with Crippen molar-refractivity contribution in [3.63, 3.8) is 0 Å². The number of hydrogen-bond donors (Lipinski definition) is 2. The van der Waals surface area contributed by atoms with Crippen LogP contribution >= 0.6 is 0 Å². The van der Waals surface area contributed by atoms with Gasteiger partial charge in [0.2, 0.25) is 0 Å². The van der Waals surface area contributed by atoms with Gasteiger partial charge in [0.25, 0.3) is 5.97 Å². The van der Waals surface area contributed by atoms with Crippen LogP contribution in [0.4, 0.5) is 5.69 Å². The van der Waals surface area contributed by atoms with Crippen molar-refractivity contribution >= 4 is 17.4 Å². The van der Waals surface area contributed by atoms with Crippen molar-refractivity contribution < 1.29 is 14.7 Å². The molecule has 1 aromatic rings. The number of carboxylic acid groups (broad SMARTS) is 1. The van der Waals surface area contributed by atoms with E-state index in [9.17, 15) is 4.79 Å². The van der Waals surface area contributed by atoms with E-state index in [0.717, 1.165) is 18.2 Å². The Morgan fingerprint density at radius 1 is 1.18 bits per heavy atom. The number of carboxylic acids is 1. The minimum absolute atomic E-state index is 0.0323. The predicted octanol–water partition coefficient (Wildman–Crippen LogP) is 4.25. The van der Waals surface area contributed by atoms with E-state index in [4.69, 9.17) is 15.6 Å². The third kappa shape index (κ3) is 5.51. The van der Waals surface area contributed by atoms with Crippen molar-refractivity contribution in [3.05, 3.63) is 29.3 Å². The summed E-state index contributed by atoms with van der Waals surface area (Å²) in [6.45, 7) is 4.93. The molecule has 0 unspecified atom stereocenters. The van der Waals surface area contributed by atoms with Crippen molar-refractivity contribution in [1.29, 1.82) is 0 Å². The maximum absolute atomic E-state index is 11.9. The first-order valence-electron chi connectivity index (χ1n) is 7.96. The molecule has 0 aliphatic heterocycles. The highest BCUT2D eigenvalue weighted by Gasteiger charge is 2.19. The minimum atomic E-state index is -0.833. The van der Waals surface area contributed by atoms with Crippen molar-refractivity contribution in [3.8, 4) is 0 Å². The van der Waals surface area contributed by atoms with Gasteiger partial charge in [0.15, 0.2) is 5.78 Å². The third-order valence-corrected chi connectivity index (χ3v) is 3.94. The zero-order chi connectivity index (χ0) is 16.7. The molecule has 1 aliphatic carbocycles. The van der Waals surface area contributed by atoms with E-state index < -0.39 is 5.97 Å². The van der Waals surface area contributed by atoms with Crippen LogP contribution in [0.5, 0.6) is 0 Å². The monoisotopic (exact) mass is 305 g/mol. The topological polar surface area (TPSA) is 80.4 Å². The Balaban J connectivity index is 0.000000541. The Bertz CT molecular complexity index is 513. The van der Waals surface area contributed by atoms with Gasteiger partial charge in [-0.25, -0.2) is 0 Å². The Labute approximate surface area is 132 Å². The maximum atomic E-state index is 11.9. The second-order valence-corrected chi connectivity index (χ2v) is 6.22. The molecule has 2 rings (SSSR count). The molecule has 0 aromatic heterocycles. The van der Waals surface area contributed by atoms with Gasteiger partial charge in [-0.05, 0) is 30.4 Å². The SMILES string of the molecule is CC(=O)O.CC(C)C(=O)c1ccc(C2CCCCC2)c(N)c1. The Morgan fingerprint density at radius 3 is 2.18 bits per heavy atom. The fourth-order valence-corrected chi connectivity index (χ4v) is 2.85. The number of nitrogens with two attached hydrogens (primary N) is 1. The van der Waals surface area contributed by atoms with E-state index >= 15 is 0 Å². The standard InChI is InChI=1S/C16H23NO.C2H4O2/c1-11(2)16(18)13-8-9-14(15(17)10-13)12-6-4-3-5-7-12;1-2(3)4/h8-12H,3-7,17H2,1-2H3;1H3,(H,3,4). The molecule has 1 fully saturated rings. The number of aliphatic carboxylic acids is 1. The maximum Gasteiger partial charge on any atom is 0.300 e. The quantitative estimate of drug-likeness (QED) is 0.646. The van der Waals surface area contributed by atoms with Crippen molar-refractivity contribution in [2.75, 3.05) is 5.73 Å². The number of carbonyl (C=O) groups is 2. The predicted molar refractivity (Wildman–Crippen MR) is 89.2 cm³/mol. The van der Waals surface area contributed by atoms with Gasteiger partial charge < -0.3 is 10.8 Å². The summed E-state index contributed by atoms with van der Waals surface area (Å²) in [5.41, 5.74) is 8.93. The summed E-state index contributed by atoms with van der Waals surface area (Å²) in [5, 5.41) is 7.42. The van der Waals surface area contributed by atoms with Crippen LogP contribution in [-0.4, -0.2) is 16.9 Å². The number of benzene rings is 1. The average molecular weight is 305 g/mol. The first-order chi connectivity index (χ1) is 10.3. The van der Waals surface area contributed by atoms with Gasteiger partial charge in [-0.1, -0.05) is 45.2 Å². The number of anilines is 1. The molecule has 3 N–H and O–H groups in total. The van der Waals surface area contributed by atoms with E-state index in [0.29, 0.717) is 5.92 Å². The van der Waals surface area contributed by atoms with E-state index in [1.54, 1.807) is 0 Å². The molecule has 0 spiro atoms. The summed E-state index contributed by atoms with van der Waals surface area (Å²) in [4.78, 5) is 20.9. The van der Waals surface area contributed by atoms with Crippen molar-refractivity contribution in [2.24, 2.45) is 5.92 Å². The van der Waals surface area contributed by atoms with Crippen LogP contribution in [0, 0.1) is 5.92 Å². The Kier molecular flexibility index (Phi) is 7.09. The molecule has 0 atom stereocenters. The highest BCUT2D eigenvalue weighted by molar-refractivity contribution is 5.98. The summed E-state index contributed by atoms with van der Waals surface area (Å²) in [7, 11) is 0. The molecule has 0 heterocycles. The highest BCUT2D eigenvalue weighted by atomic mass is 16.4. The number of nitrogen functional groups attached to an aromatic ring is 1. The van der Waals surface area contributed by atoms with Crippen LogP contribution in [0.25, 0.3) is 0 Å². The second kappa shape index (κ2) is 8.57. The highest BCUT2D eigenvalue weighted by Crippen LogP contribution is 2.35. The van der Waals surface area contributed by atoms with E-state index in [-0.39, 0.29) is 11.7 Å². The molecule has 22 heavy (non-hydrogen) atoms. The lowest BCUT2D eigenvalue weighted by atomic mass is 9.82. The third-order valence-electron chi connectivity index (χ3n) is 3.94. The van der Waals surface area contributed by atoms with Gasteiger partial charge >= 0.3 is 0 Å². The summed E-state index contributed by atoms with van der Waals surface area (Å²) in [5.74, 6) is -0.0243. The van der Waals surface area contributed by atoms with E-state index in [1.165, 1.54) is 37.7 Å². The molecule has 0 radical (unpaired) electrons. The van der Waals surface area contributed by atoms with E-state index in [2.05, 4.69) is 6.07 Å². The van der Waals surface area contributed by atoms with Crippen LogP contribution in [0.15, 0.2) is 18.2 Å². The lowest BCUT2D eigenvalue weighted by Crippen LogP contribution is -2.11. The van der Waals surface area contributed by atoms with Crippen molar-refractivity contribution in [2.45, 2.75) is 58.8 Å². The summed E-state index contributed by atoms with van der Waals surface area (Å²) < 4.78 is 0. The average Bonchev–Trinajstić information content (AvgIpc) is 2.46. The molecule has 4 heteroatoms. The number of Topliss-reactive ketones (excluding diaryl/α,β-unsaturated/α-hetero) is 1. The summed E-state index contributed by atoms with van der Waals surface area (Å²) in [6.07, 6.45) is 6.43. The van der Waals surface area contributed by atoms with Gasteiger partial charge in [0.05, 0.1) is 0 Å². The Morgan fingerprint density at radius 2 is 1.73 bits per heavy atom. The lowest BCUT2D eigenvalue weighted by Gasteiger charge is -2.23. The molecule has 1 saturated carbocycles. The molecular formula is C18H27NO3. The van der Waals surface area contributed by atoms with Gasteiger partial charge in [-0.3, -0.25) is 9.59 Å². The van der Waals surface area contributed by atoms with Crippen LogP contribution in [0.2, 0.25) is 0 Å². The number of ketones is 1. The molecule has 4 nitrogen and oxygen atoms in total. The molecule has 0 bridgehead atoms. The molecule has 122 valence electrons. The first kappa shape index (κ1) is 18.2. The smallest absolute Gasteiger partial charge is 0.300 e. The molecule has 1 aliphatic rings. The number of rotatable bonds is 3. The van der Waals surface area contributed by atoms with Crippen molar-refractivity contribution in [1.82, 2.24) is 0 Å². The molecule has 1 aromatic carbocycles. The van der Waals surface area contributed by atoms with Gasteiger partial charge in [-0.2, -0.15) is 0 Å². The van der Waals surface area contributed by atoms with Crippen LogP contribution in [0.1, 0.15) is 74.7 Å². The normalized spacial score (nSPS) is 15.1. The summed E-state index contributed by atoms with van der Waals surface area (Å²) in [6, 6.07) is 5.88. The molecule has 0 amide bonds. The largest absolute Gasteiger partial charge is 0.481 e. The van der Waals surface area contributed by atoms with Gasteiger partial charge in [0.1, 0.15) is 0 Å².